The molecule has 3 rings (SSSR count). The molecule has 2 N–H and O–H groups in total. The number of rotatable bonds is 5. The van der Waals surface area contributed by atoms with Crippen molar-refractivity contribution in [2.75, 3.05) is 30.7 Å². The molecule has 2 amide bonds. The minimum absolute atomic E-state index is 0.0138. The highest BCUT2D eigenvalue weighted by molar-refractivity contribution is 7.92. The molecule has 1 aromatic carbocycles. The summed E-state index contributed by atoms with van der Waals surface area (Å²) in [5.74, 6) is -0.143. The molecule has 8 nitrogen and oxygen atoms in total. The van der Waals surface area contributed by atoms with Gasteiger partial charge in [-0.2, -0.15) is 0 Å². The molecule has 0 spiro atoms. The molecule has 2 heterocycles. The number of nitrogens with zero attached hydrogens (tertiary/aromatic N) is 1. The first-order valence-electron chi connectivity index (χ1n) is 9.11. The van der Waals surface area contributed by atoms with Gasteiger partial charge in [-0.15, -0.1) is 0 Å². The van der Waals surface area contributed by atoms with Crippen molar-refractivity contribution < 1.29 is 22.7 Å². The Bertz CT molecular complexity index is 780. The minimum atomic E-state index is -3.34. The number of sulfonamides is 1. The van der Waals surface area contributed by atoms with Crippen LogP contribution in [0.1, 0.15) is 36.0 Å². The molecule has 9 heteroatoms. The maximum absolute atomic E-state index is 12.4. The zero-order valence-corrected chi connectivity index (χ0v) is 16.1. The highest BCUT2D eigenvalue weighted by atomic mass is 32.2. The lowest BCUT2D eigenvalue weighted by Crippen LogP contribution is -2.49. The van der Waals surface area contributed by atoms with E-state index in [9.17, 15) is 18.0 Å². The molecule has 2 fully saturated rings. The Labute approximate surface area is 159 Å². The lowest BCUT2D eigenvalue weighted by Gasteiger charge is -2.33. The number of carbonyl (C=O) groups is 2. The quantitative estimate of drug-likeness (QED) is 0.773. The second kappa shape index (κ2) is 8.26. The van der Waals surface area contributed by atoms with E-state index in [0.29, 0.717) is 43.8 Å². The molecule has 1 atom stereocenters. The highest BCUT2D eigenvalue weighted by Crippen LogP contribution is 2.19. The van der Waals surface area contributed by atoms with Crippen molar-refractivity contribution in [1.29, 1.82) is 0 Å². The van der Waals surface area contributed by atoms with Crippen molar-refractivity contribution in [2.24, 2.45) is 0 Å². The van der Waals surface area contributed by atoms with Crippen LogP contribution in [0.5, 0.6) is 0 Å². The molecular formula is C18H25N3O5S. The van der Waals surface area contributed by atoms with E-state index in [1.807, 2.05) is 4.90 Å². The Morgan fingerprint density at radius 3 is 2.33 bits per heavy atom. The lowest BCUT2D eigenvalue weighted by molar-refractivity contribution is -0.142. The van der Waals surface area contributed by atoms with Crippen LogP contribution in [0.4, 0.5) is 5.69 Å². The summed E-state index contributed by atoms with van der Waals surface area (Å²) in [5, 5.41) is 2.99. The van der Waals surface area contributed by atoms with Gasteiger partial charge in [0.2, 0.25) is 10.0 Å². The Morgan fingerprint density at radius 1 is 1.11 bits per heavy atom. The van der Waals surface area contributed by atoms with Crippen LogP contribution in [0.3, 0.4) is 0 Å². The van der Waals surface area contributed by atoms with Gasteiger partial charge in [0.1, 0.15) is 6.10 Å². The molecule has 0 bridgehead atoms. The van der Waals surface area contributed by atoms with Crippen LogP contribution in [-0.2, 0) is 19.6 Å². The van der Waals surface area contributed by atoms with Crippen molar-refractivity contribution in [3.05, 3.63) is 29.8 Å². The number of anilines is 1. The van der Waals surface area contributed by atoms with Gasteiger partial charge < -0.3 is 15.0 Å². The molecular weight excluding hydrogens is 370 g/mol. The molecule has 0 saturated carbocycles. The summed E-state index contributed by atoms with van der Waals surface area (Å²) in [6, 6.07) is 6.29. The second-order valence-electron chi connectivity index (χ2n) is 7.03. The predicted octanol–water partition coefficient (Wildman–Crippen LogP) is 0.958. The first-order chi connectivity index (χ1) is 12.8. The second-order valence-corrected chi connectivity index (χ2v) is 8.77. The summed E-state index contributed by atoms with van der Waals surface area (Å²) in [4.78, 5) is 26.6. The van der Waals surface area contributed by atoms with Crippen molar-refractivity contribution in [3.8, 4) is 0 Å². The molecule has 1 aromatic rings. The topological polar surface area (TPSA) is 105 Å². The third-order valence-electron chi connectivity index (χ3n) is 4.80. The predicted molar refractivity (Wildman–Crippen MR) is 101 cm³/mol. The number of hydrogen-bond donors (Lipinski definition) is 2. The number of amides is 2. The number of hydrogen-bond acceptors (Lipinski definition) is 5. The maximum Gasteiger partial charge on any atom is 0.251 e. The zero-order chi connectivity index (χ0) is 19.4. The van der Waals surface area contributed by atoms with Crippen LogP contribution in [0.2, 0.25) is 0 Å². The van der Waals surface area contributed by atoms with Crippen molar-refractivity contribution in [1.82, 2.24) is 10.2 Å². The maximum atomic E-state index is 12.4. The SMILES string of the molecule is CS(=O)(=O)Nc1ccc(C(=O)NC2CCN(C(=O)C3CCCO3)CC2)cc1. The van der Waals surface area contributed by atoms with Gasteiger partial charge in [-0.25, -0.2) is 8.42 Å². The number of ether oxygens (including phenoxy) is 1. The van der Waals surface area contributed by atoms with Crippen LogP contribution < -0.4 is 10.0 Å². The molecule has 2 aliphatic rings. The fourth-order valence-electron chi connectivity index (χ4n) is 3.39. The summed E-state index contributed by atoms with van der Waals surface area (Å²) in [7, 11) is -3.34. The van der Waals surface area contributed by atoms with Crippen molar-refractivity contribution in [2.45, 2.75) is 37.8 Å². The largest absolute Gasteiger partial charge is 0.368 e. The molecule has 0 aromatic heterocycles. The summed E-state index contributed by atoms with van der Waals surface area (Å²) in [5.41, 5.74) is 0.877. The van der Waals surface area contributed by atoms with Gasteiger partial charge >= 0.3 is 0 Å². The number of carbonyl (C=O) groups excluding carboxylic acids is 2. The normalized spacial score (nSPS) is 21.1. The van der Waals surface area contributed by atoms with E-state index in [0.717, 1.165) is 19.1 Å². The fourth-order valence-corrected chi connectivity index (χ4v) is 3.96. The number of nitrogens with one attached hydrogen (secondary N) is 2. The number of benzene rings is 1. The molecule has 0 radical (unpaired) electrons. The van der Waals surface area contributed by atoms with E-state index in [-0.39, 0.29) is 24.0 Å². The van der Waals surface area contributed by atoms with Gasteiger partial charge in [-0.1, -0.05) is 0 Å². The van der Waals surface area contributed by atoms with Gasteiger partial charge in [0.25, 0.3) is 11.8 Å². The van der Waals surface area contributed by atoms with Gasteiger partial charge in [0.05, 0.1) is 6.26 Å². The van der Waals surface area contributed by atoms with Gasteiger partial charge in [-0.3, -0.25) is 14.3 Å². The van der Waals surface area contributed by atoms with Crippen LogP contribution in [0.15, 0.2) is 24.3 Å². The first-order valence-corrected chi connectivity index (χ1v) is 11.0. The highest BCUT2D eigenvalue weighted by Gasteiger charge is 2.31. The van der Waals surface area contributed by atoms with Crippen LogP contribution >= 0.6 is 0 Å². The smallest absolute Gasteiger partial charge is 0.251 e. The first kappa shape index (κ1) is 19.6. The zero-order valence-electron chi connectivity index (χ0n) is 15.3. The van der Waals surface area contributed by atoms with E-state index < -0.39 is 10.0 Å². The van der Waals surface area contributed by atoms with E-state index in [4.69, 9.17) is 4.74 Å². The Morgan fingerprint density at radius 2 is 1.78 bits per heavy atom. The lowest BCUT2D eigenvalue weighted by atomic mass is 10.0. The van der Waals surface area contributed by atoms with E-state index >= 15 is 0 Å². The molecule has 0 aliphatic carbocycles. The Balaban J connectivity index is 1.48. The fraction of sp³-hybridized carbons (Fsp3) is 0.556. The van der Waals surface area contributed by atoms with Crippen molar-refractivity contribution in [3.63, 3.8) is 0 Å². The molecule has 1 unspecified atom stereocenters. The van der Waals surface area contributed by atoms with Crippen LogP contribution in [0, 0.1) is 0 Å². The molecule has 148 valence electrons. The Kier molecular flexibility index (Phi) is 6.01. The average Bonchev–Trinajstić information content (AvgIpc) is 3.15. The van der Waals surface area contributed by atoms with Gasteiger partial charge in [-0.05, 0) is 49.9 Å². The summed E-state index contributed by atoms with van der Waals surface area (Å²) < 4.78 is 30.2. The van der Waals surface area contributed by atoms with Gasteiger partial charge in [0.15, 0.2) is 0 Å². The summed E-state index contributed by atoms with van der Waals surface area (Å²) in [6.07, 6.45) is 3.91. The number of piperidine rings is 1. The van der Waals surface area contributed by atoms with E-state index in [1.165, 1.54) is 0 Å². The molecule has 2 saturated heterocycles. The third-order valence-corrected chi connectivity index (χ3v) is 5.40. The van der Waals surface area contributed by atoms with E-state index in [2.05, 4.69) is 10.0 Å². The Hall–Kier alpha value is -2.13. The average molecular weight is 395 g/mol. The molecule has 2 aliphatic heterocycles. The summed E-state index contributed by atoms with van der Waals surface area (Å²) >= 11 is 0. The monoisotopic (exact) mass is 395 g/mol. The van der Waals surface area contributed by atoms with Crippen LogP contribution in [-0.4, -0.2) is 63.2 Å². The number of likely N-dealkylation sites (tertiary alicyclic amines) is 1. The third kappa shape index (κ3) is 5.43. The minimum Gasteiger partial charge on any atom is -0.368 e. The molecule has 27 heavy (non-hydrogen) atoms. The standard InChI is InChI=1S/C18H25N3O5S/c1-27(24,25)20-15-6-4-13(5-7-15)17(22)19-14-8-10-21(11-9-14)18(23)16-3-2-12-26-16/h4-7,14,16,20H,2-3,8-12H2,1H3,(H,19,22). The van der Waals surface area contributed by atoms with Gasteiger partial charge in [0, 0.05) is 37.0 Å². The van der Waals surface area contributed by atoms with Crippen molar-refractivity contribution >= 4 is 27.5 Å². The van der Waals surface area contributed by atoms with E-state index in [1.54, 1.807) is 24.3 Å². The summed E-state index contributed by atoms with van der Waals surface area (Å²) in [6.45, 7) is 1.88. The van der Waals surface area contributed by atoms with Crippen LogP contribution in [0.25, 0.3) is 0 Å².